The van der Waals surface area contributed by atoms with Crippen LogP contribution in [0.25, 0.3) is 10.9 Å². The van der Waals surface area contributed by atoms with E-state index in [1.165, 1.54) is 18.3 Å². The predicted octanol–water partition coefficient (Wildman–Crippen LogP) is 6.00. The molecule has 0 spiro atoms. The molecule has 0 aliphatic carbocycles. The van der Waals surface area contributed by atoms with Gasteiger partial charge in [-0.05, 0) is 45.4 Å². The van der Waals surface area contributed by atoms with Gasteiger partial charge in [-0.3, -0.25) is 0 Å². The lowest BCUT2D eigenvalue weighted by Gasteiger charge is -2.25. The number of carbonyl (C=O) groups excluding carboxylic acids is 1. The summed E-state index contributed by atoms with van der Waals surface area (Å²) in [6.07, 6.45) is -4.54. The van der Waals surface area contributed by atoms with Gasteiger partial charge in [0.15, 0.2) is 6.04 Å². The largest absolute Gasteiger partial charge is 0.444 e. The number of alkyl halides is 3. The summed E-state index contributed by atoms with van der Waals surface area (Å²) >= 11 is 0. The summed E-state index contributed by atoms with van der Waals surface area (Å²) in [5, 5.41) is 11.5. The fourth-order valence-electron chi connectivity index (χ4n) is 3.52. The third-order valence-corrected chi connectivity index (χ3v) is 4.78. The minimum atomic E-state index is -4.76. The van der Waals surface area contributed by atoms with E-state index in [0.717, 1.165) is 11.1 Å². The Kier molecular flexibility index (Phi) is 6.22. The number of hydrogen-bond donors (Lipinski definition) is 1. The van der Waals surface area contributed by atoms with Crippen LogP contribution in [0.15, 0.2) is 48.7 Å². The number of aromatic nitrogens is 1. The highest BCUT2D eigenvalue weighted by molar-refractivity contribution is 5.86. The molecule has 1 heterocycles. The first-order valence-electron chi connectivity index (χ1n) is 10.0. The molecular formula is C24H24F3N3O2. The molecule has 32 heavy (non-hydrogen) atoms. The number of alkyl carbamates (subject to hydrolysis) is 1. The first kappa shape index (κ1) is 23.2. The molecule has 1 unspecified atom stereocenters. The smallest absolute Gasteiger partial charge is 0.413 e. The maximum absolute atomic E-state index is 14.0. The second kappa shape index (κ2) is 8.58. The first-order valence-corrected chi connectivity index (χ1v) is 10.0. The van der Waals surface area contributed by atoms with Crippen LogP contribution in [0.1, 0.15) is 49.1 Å². The fraction of sp³-hybridized carbons (Fsp3) is 0.333. The Balaban J connectivity index is 2.10. The number of amides is 1. The van der Waals surface area contributed by atoms with E-state index in [1.54, 1.807) is 31.4 Å². The normalized spacial score (nSPS) is 12.9. The number of fused-ring (bicyclic) bond motifs is 1. The van der Waals surface area contributed by atoms with E-state index < -0.39 is 23.9 Å². The molecule has 8 heteroatoms. The number of nitriles is 1. The number of carbonyl (C=O) groups is 1. The van der Waals surface area contributed by atoms with Gasteiger partial charge in [-0.25, -0.2) is 4.79 Å². The minimum absolute atomic E-state index is 0.115. The summed E-state index contributed by atoms with van der Waals surface area (Å²) in [5.41, 5.74) is 1.67. The van der Waals surface area contributed by atoms with E-state index in [0.29, 0.717) is 23.0 Å². The highest BCUT2D eigenvalue weighted by Crippen LogP contribution is 2.38. The number of rotatable bonds is 4. The molecule has 0 saturated heterocycles. The maximum Gasteiger partial charge on any atom is 0.413 e. The standard InChI is InChI=1S/C24H24F3N3O2/c1-15-6-5-7-17(10-15)13-30-14-19(18-9-8-16(12-28)11-20(18)30)21(24(25,26)27)29-22(31)32-23(2,3)4/h5-11,14,21H,13H2,1-4H3,(H,29,31). The molecule has 3 aromatic rings. The molecular weight excluding hydrogens is 419 g/mol. The minimum Gasteiger partial charge on any atom is -0.444 e. The summed E-state index contributed by atoms with van der Waals surface area (Å²) in [5.74, 6) is 0. The van der Waals surface area contributed by atoms with Gasteiger partial charge >= 0.3 is 12.3 Å². The Morgan fingerprint density at radius 3 is 2.50 bits per heavy atom. The summed E-state index contributed by atoms with van der Waals surface area (Å²) < 4.78 is 48.8. The lowest BCUT2D eigenvalue weighted by Crippen LogP contribution is -2.41. The van der Waals surface area contributed by atoms with Gasteiger partial charge in [0.25, 0.3) is 0 Å². The lowest BCUT2D eigenvalue weighted by molar-refractivity contribution is -0.156. The average Bonchev–Trinajstić information content (AvgIpc) is 3.01. The first-order chi connectivity index (χ1) is 14.9. The zero-order valence-corrected chi connectivity index (χ0v) is 18.2. The quantitative estimate of drug-likeness (QED) is 0.538. The van der Waals surface area contributed by atoms with E-state index >= 15 is 0 Å². The van der Waals surface area contributed by atoms with E-state index in [4.69, 9.17) is 4.74 Å². The monoisotopic (exact) mass is 443 g/mol. The van der Waals surface area contributed by atoms with Crippen LogP contribution in [0.2, 0.25) is 0 Å². The number of benzene rings is 2. The van der Waals surface area contributed by atoms with Crippen molar-refractivity contribution < 1.29 is 22.7 Å². The lowest BCUT2D eigenvalue weighted by atomic mass is 10.0. The van der Waals surface area contributed by atoms with Gasteiger partial charge in [-0.2, -0.15) is 18.4 Å². The van der Waals surface area contributed by atoms with Gasteiger partial charge in [0.1, 0.15) is 5.60 Å². The number of hydrogen-bond acceptors (Lipinski definition) is 3. The van der Waals surface area contributed by atoms with Gasteiger partial charge < -0.3 is 14.6 Å². The molecule has 1 atom stereocenters. The molecule has 168 valence electrons. The molecule has 0 aliphatic rings. The molecule has 2 aromatic carbocycles. The third kappa shape index (κ3) is 5.41. The van der Waals surface area contributed by atoms with Crippen LogP contribution in [-0.4, -0.2) is 22.4 Å². The Labute approximate surface area is 184 Å². The van der Waals surface area contributed by atoms with Crippen LogP contribution < -0.4 is 5.32 Å². The van der Waals surface area contributed by atoms with Crippen LogP contribution in [0, 0.1) is 18.3 Å². The maximum atomic E-state index is 14.0. The van der Waals surface area contributed by atoms with Crippen molar-refractivity contribution in [2.45, 2.75) is 52.1 Å². The summed E-state index contributed by atoms with van der Waals surface area (Å²) in [6.45, 7) is 6.97. The number of halogens is 3. The van der Waals surface area contributed by atoms with Crippen LogP contribution in [0.4, 0.5) is 18.0 Å². The average molecular weight is 443 g/mol. The molecule has 0 radical (unpaired) electrons. The van der Waals surface area contributed by atoms with Crippen molar-refractivity contribution in [2.24, 2.45) is 0 Å². The van der Waals surface area contributed by atoms with Crippen molar-refractivity contribution in [1.82, 2.24) is 9.88 Å². The van der Waals surface area contributed by atoms with Gasteiger partial charge in [0.2, 0.25) is 0 Å². The Hall–Kier alpha value is -3.47. The fourth-order valence-corrected chi connectivity index (χ4v) is 3.52. The van der Waals surface area contributed by atoms with E-state index in [-0.39, 0.29) is 5.56 Å². The summed E-state index contributed by atoms with van der Waals surface area (Å²) in [4.78, 5) is 12.2. The zero-order valence-electron chi connectivity index (χ0n) is 18.2. The Morgan fingerprint density at radius 2 is 1.91 bits per heavy atom. The van der Waals surface area contributed by atoms with E-state index in [2.05, 4.69) is 0 Å². The van der Waals surface area contributed by atoms with Gasteiger partial charge in [-0.15, -0.1) is 0 Å². The second-order valence-electron chi connectivity index (χ2n) is 8.67. The van der Waals surface area contributed by atoms with Crippen LogP contribution >= 0.6 is 0 Å². The van der Waals surface area contributed by atoms with Crippen LogP contribution in [0.3, 0.4) is 0 Å². The van der Waals surface area contributed by atoms with E-state index in [1.807, 2.05) is 42.6 Å². The summed E-state index contributed by atoms with van der Waals surface area (Å²) in [6, 6.07) is 11.9. The highest BCUT2D eigenvalue weighted by atomic mass is 19.4. The van der Waals surface area contributed by atoms with Gasteiger partial charge in [0, 0.05) is 29.2 Å². The predicted molar refractivity (Wildman–Crippen MR) is 115 cm³/mol. The van der Waals surface area contributed by atoms with Crippen molar-refractivity contribution in [2.75, 3.05) is 0 Å². The molecule has 3 rings (SSSR count). The van der Waals surface area contributed by atoms with Gasteiger partial charge in [0.05, 0.1) is 11.6 Å². The van der Waals surface area contributed by atoms with Crippen molar-refractivity contribution in [3.8, 4) is 6.07 Å². The highest BCUT2D eigenvalue weighted by Gasteiger charge is 2.44. The Morgan fingerprint density at radius 1 is 1.19 bits per heavy atom. The summed E-state index contributed by atoms with van der Waals surface area (Å²) in [7, 11) is 0. The van der Waals surface area contributed by atoms with Crippen LogP contribution in [-0.2, 0) is 11.3 Å². The molecule has 0 aliphatic heterocycles. The number of ether oxygens (including phenoxy) is 1. The van der Waals surface area contributed by atoms with Crippen molar-refractivity contribution in [3.63, 3.8) is 0 Å². The third-order valence-electron chi connectivity index (χ3n) is 4.78. The SMILES string of the molecule is Cc1cccc(Cn2cc(C(NC(=O)OC(C)(C)C)C(F)(F)F)c3ccc(C#N)cc32)c1. The molecule has 1 aromatic heterocycles. The second-order valence-corrected chi connectivity index (χ2v) is 8.67. The van der Waals surface area contributed by atoms with Crippen LogP contribution in [0.5, 0.6) is 0 Å². The zero-order chi connectivity index (χ0) is 23.7. The molecule has 0 saturated carbocycles. The topological polar surface area (TPSA) is 67.1 Å². The molecule has 0 fully saturated rings. The van der Waals surface area contributed by atoms with Crippen molar-refractivity contribution in [1.29, 1.82) is 5.26 Å². The molecule has 1 N–H and O–H groups in total. The van der Waals surface area contributed by atoms with E-state index in [9.17, 15) is 23.2 Å². The number of nitrogens with one attached hydrogen (secondary N) is 1. The molecule has 1 amide bonds. The Bertz CT molecular complexity index is 1180. The van der Waals surface area contributed by atoms with Crippen molar-refractivity contribution >= 4 is 17.0 Å². The molecule has 5 nitrogen and oxygen atoms in total. The number of aryl methyl sites for hydroxylation is 1. The number of nitrogens with zero attached hydrogens (tertiary/aromatic N) is 2. The van der Waals surface area contributed by atoms with Gasteiger partial charge in [-0.1, -0.05) is 35.9 Å². The van der Waals surface area contributed by atoms with Crippen molar-refractivity contribution in [3.05, 3.63) is 70.9 Å². The molecule has 0 bridgehead atoms.